The summed E-state index contributed by atoms with van der Waals surface area (Å²) in [6.45, 7) is 7.29. The molecule has 0 bridgehead atoms. The highest BCUT2D eigenvalue weighted by molar-refractivity contribution is 7.80. The van der Waals surface area contributed by atoms with Crippen LogP contribution in [0.3, 0.4) is 0 Å². The van der Waals surface area contributed by atoms with Gasteiger partial charge in [0.15, 0.2) is 0 Å². The number of aliphatic hydroxyl groups is 2. The summed E-state index contributed by atoms with van der Waals surface area (Å²) >= 11 is 7.74. The second-order valence-electron chi connectivity index (χ2n) is 2.95. The van der Waals surface area contributed by atoms with E-state index in [4.69, 9.17) is 14.9 Å². The predicted octanol–water partition coefficient (Wildman–Crippen LogP) is 2.18. The van der Waals surface area contributed by atoms with Gasteiger partial charge in [-0.25, -0.2) is 0 Å². The molecule has 0 aliphatic rings. The number of ether oxygens (including phenoxy) is 1. The first-order chi connectivity index (χ1) is 7.81. The van der Waals surface area contributed by atoms with E-state index in [1.54, 1.807) is 0 Å². The standard InChI is InChI=1S/C8H18O.2CH3NOS/c1-4-7-8(5-2)9-6-3;2*2-1(3)4/h8H,4-7H2,1-3H3;2*(H3,2,3,4). The van der Waals surface area contributed by atoms with Crippen LogP contribution in [0.15, 0.2) is 0 Å². The van der Waals surface area contributed by atoms with Crippen LogP contribution in [0.1, 0.15) is 40.0 Å². The zero-order valence-corrected chi connectivity index (χ0v) is 12.3. The highest BCUT2D eigenvalue weighted by atomic mass is 32.1. The number of thiocarbonyl (C=S) groups is 2. The Morgan fingerprint density at radius 1 is 1.12 bits per heavy atom. The first-order valence-electron chi connectivity index (χ1n) is 5.40. The van der Waals surface area contributed by atoms with E-state index in [9.17, 15) is 0 Å². The van der Waals surface area contributed by atoms with Crippen LogP contribution in [-0.2, 0) is 4.74 Å². The third-order valence-corrected chi connectivity index (χ3v) is 1.47. The number of hydrogen-bond acceptors (Lipinski definition) is 3. The molecule has 0 rings (SSSR count). The minimum atomic E-state index is -0.500. The van der Waals surface area contributed by atoms with Crippen molar-refractivity contribution in [2.45, 2.75) is 46.1 Å². The Kier molecular flexibility index (Phi) is 22.5. The third-order valence-electron chi connectivity index (χ3n) is 1.47. The van der Waals surface area contributed by atoms with Crippen molar-refractivity contribution in [1.82, 2.24) is 0 Å². The van der Waals surface area contributed by atoms with Gasteiger partial charge in [-0.3, -0.25) is 0 Å². The molecule has 17 heavy (non-hydrogen) atoms. The van der Waals surface area contributed by atoms with Crippen LogP contribution < -0.4 is 11.5 Å². The van der Waals surface area contributed by atoms with Crippen LogP contribution in [-0.4, -0.2) is 33.3 Å². The fourth-order valence-corrected chi connectivity index (χ4v) is 0.963. The van der Waals surface area contributed by atoms with Gasteiger partial charge in [-0.2, -0.15) is 0 Å². The SMILES string of the molecule is CCCC(CC)OCC.NC(O)=S.NC(O)=S. The second kappa shape index (κ2) is 17.7. The molecule has 0 amide bonds. The Bertz CT molecular complexity index is 166. The lowest BCUT2D eigenvalue weighted by Gasteiger charge is -2.12. The van der Waals surface area contributed by atoms with Crippen molar-refractivity contribution in [2.75, 3.05) is 6.61 Å². The lowest BCUT2D eigenvalue weighted by molar-refractivity contribution is 0.0538. The van der Waals surface area contributed by atoms with Crippen molar-refractivity contribution in [2.24, 2.45) is 11.5 Å². The van der Waals surface area contributed by atoms with E-state index in [1.807, 2.05) is 0 Å². The lowest BCUT2D eigenvalue weighted by Crippen LogP contribution is -2.10. The van der Waals surface area contributed by atoms with Gasteiger partial charge in [0.25, 0.3) is 10.3 Å². The van der Waals surface area contributed by atoms with E-state index in [-0.39, 0.29) is 0 Å². The van der Waals surface area contributed by atoms with Crippen LogP contribution >= 0.6 is 24.4 Å². The lowest BCUT2D eigenvalue weighted by atomic mass is 10.2. The molecule has 0 aromatic rings. The van der Waals surface area contributed by atoms with Crippen LogP contribution in [0.5, 0.6) is 0 Å². The maximum atomic E-state index is 7.56. The topological polar surface area (TPSA) is 102 Å². The average molecular weight is 284 g/mol. The Hall–Kier alpha value is -0.660. The third kappa shape index (κ3) is 50.7. The van der Waals surface area contributed by atoms with Gasteiger partial charge in [0, 0.05) is 6.61 Å². The molecule has 7 heteroatoms. The van der Waals surface area contributed by atoms with E-state index in [0.717, 1.165) is 13.0 Å². The van der Waals surface area contributed by atoms with Crippen molar-refractivity contribution >= 4 is 34.8 Å². The molecule has 0 aromatic carbocycles. The normalized spacial score (nSPS) is 10.1. The summed E-state index contributed by atoms with van der Waals surface area (Å²) in [4.78, 5) is 0. The molecule has 104 valence electrons. The molecule has 0 saturated carbocycles. The van der Waals surface area contributed by atoms with Crippen LogP contribution in [0.2, 0.25) is 0 Å². The molecule has 6 N–H and O–H groups in total. The van der Waals surface area contributed by atoms with Gasteiger partial charge >= 0.3 is 0 Å². The maximum absolute atomic E-state index is 7.56. The van der Waals surface area contributed by atoms with Gasteiger partial charge in [0.1, 0.15) is 0 Å². The molecule has 0 radical (unpaired) electrons. The fraction of sp³-hybridized carbons (Fsp3) is 0.800. The van der Waals surface area contributed by atoms with Crippen LogP contribution in [0.4, 0.5) is 0 Å². The summed E-state index contributed by atoms with van der Waals surface area (Å²) in [6, 6.07) is 0. The molecule has 0 aliphatic carbocycles. The number of aliphatic hydroxyl groups excluding tert-OH is 2. The monoisotopic (exact) mass is 284 g/mol. The zero-order chi connectivity index (χ0) is 14.3. The fourth-order valence-electron chi connectivity index (χ4n) is 0.963. The number of rotatable bonds is 5. The van der Waals surface area contributed by atoms with E-state index in [0.29, 0.717) is 6.10 Å². The molecule has 0 aromatic heterocycles. The summed E-state index contributed by atoms with van der Waals surface area (Å²) < 4.78 is 5.43. The van der Waals surface area contributed by atoms with Crippen LogP contribution in [0.25, 0.3) is 0 Å². The van der Waals surface area contributed by atoms with Gasteiger partial charge in [-0.1, -0.05) is 20.3 Å². The average Bonchev–Trinajstić information content (AvgIpc) is 2.15. The van der Waals surface area contributed by atoms with E-state index in [1.165, 1.54) is 12.8 Å². The number of hydrogen-bond donors (Lipinski definition) is 4. The minimum absolute atomic E-state index is 0.500. The molecular formula is C10H24N2O3S2. The summed E-state index contributed by atoms with van der Waals surface area (Å²) in [7, 11) is 0. The summed E-state index contributed by atoms with van der Waals surface area (Å²) in [5.74, 6) is 0. The molecule has 0 spiro atoms. The molecule has 0 aliphatic heterocycles. The summed E-state index contributed by atoms with van der Waals surface area (Å²) in [5, 5.41) is 14.1. The molecule has 1 unspecified atom stereocenters. The highest BCUT2D eigenvalue weighted by Crippen LogP contribution is 2.04. The first kappa shape index (κ1) is 21.6. The summed E-state index contributed by atoms with van der Waals surface area (Å²) in [5.41, 5.74) is 8.80. The minimum Gasteiger partial charge on any atom is -0.487 e. The van der Waals surface area contributed by atoms with Gasteiger partial charge in [-0.05, 0) is 44.2 Å². The van der Waals surface area contributed by atoms with Crippen molar-refractivity contribution in [3.8, 4) is 0 Å². The van der Waals surface area contributed by atoms with E-state index in [2.05, 4.69) is 56.7 Å². The Balaban J connectivity index is -0.000000205. The largest absolute Gasteiger partial charge is 0.487 e. The molecule has 0 heterocycles. The molecule has 1 atom stereocenters. The second-order valence-corrected chi connectivity index (χ2v) is 3.79. The van der Waals surface area contributed by atoms with E-state index < -0.39 is 10.3 Å². The Morgan fingerprint density at radius 2 is 1.47 bits per heavy atom. The predicted molar refractivity (Wildman–Crippen MR) is 79.4 cm³/mol. The Morgan fingerprint density at radius 3 is 1.65 bits per heavy atom. The Labute approximate surface area is 114 Å². The van der Waals surface area contributed by atoms with Crippen molar-refractivity contribution in [3.05, 3.63) is 0 Å². The van der Waals surface area contributed by atoms with E-state index >= 15 is 0 Å². The van der Waals surface area contributed by atoms with Gasteiger partial charge in [-0.15, -0.1) is 0 Å². The van der Waals surface area contributed by atoms with Gasteiger partial charge in [0.05, 0.1) is 6.10 Å². The maximum Gasteiger partial charge on any atom is 0.251 e. The van der Waals surface area contributed by atoms with Crippen LogP contribution in [0, 0.1) is 0 Å². The molecule has 5 nitrogen and oxygen atoms in total. The first-order valence-corrected chi connectivity index (χ1v) is 6.21. The smallest absolute Gasteiger partial charge is 0.251 e. The van der Waals surface area contributed by atoms with Gasteiger partial charge < -0.3 is 26.4 Å². The summed E-state index contributed by atoms with van der Waals surface area (Å²) in [6.07, 6.45) is 4.12. The quantitative estimate of drug-likeness (QED) is 0.574. The van der Waals surface area contributed by atoms with Gasteiger partial charge in [0.2, 0.25) is 0 Å². The molecular weight excluding hydrogens is 260 g/mol. The van der Waals surface area contributed by atoms with Crippen molar-refractivity contribution in [3.63, 3.8) is 0 Å². The van der Waals surface area contributed by atoms with Crippen molar-refractivity contribution in [1.29, 1.82) is 0 Å². The number of nitrogens with two attached hydrogens (primary N) is 2. The molecule has 0 fully saturated rings. The molecule has 0 saturated heterocycles. The highest BCUT2D eigenvalue weighted by Gasteiger charge is 2.01. The zero-order valence-electron chi connectivity index (χ0n) is 10.7. The van der Waals surface area contributed by atoms with Crippen molar-refractivity contribution < 1.29 is 14.9 Å².